The molecule has 0 aromatic heterocycles. The first-order valence-corrected chi connectivity index (χ1v) is 5.78. The van der Waals surface area contributed by atoms with Crippen molar-refractivity contribution in [3.05, 3.63) is 0 Å². The Morgan fingerprint density at radius 1 is 1.20 bits per heavy atom. The molecule has 0 amide bonds. The van der Waals surface area contributed by atoms with Crippen LogP contribution in [0.5, 0.6) is 0 Å². The third-order valence-corrected chi connectivity index (χ3v) is 3.30. The molecule has 0 aromatic rings. The molecule has 0 bridgehead atoms. The highest BCUT2D eigenvalue weighted by Crippen LogP contribution is 2.27. The van der Waals surface area contributed by atoms with Gasteiger partial charge in [0.1, 0.15) is 11.4 Å². The standard InChI is InChI=1S/C11H20N2O2/c1-11(4-2-3-7-15-11)10(12)13-5-8-14-9-6-13/h12H,2-9H2,1H3. The number of morpholine rings is 1. The summed E-state index contributed by atoms with van der Waals surface area (Å²) in [5, 5.41) is 8.22. The molecule has 2 aliphatic rings. The van der Waals surface area contributed by atoms with Crippen LogP contribution in [0.2, 0.25) is 0 Å². The van der Waals surface area contributed by atoms with Crippen molar-refractivity contribution >= 4 is 5.84 Å². The second-order valence-electron chi connectivity index (χ2n) is 4.48. The van der Waals surface area contributed by atoms with Crippen molar-refractivity contribution in [1.82, 2.24) is 4.90 Å². The highest BCUT2D eigenvalue weighted by molar-refractivity contribution is 5.87. The minimum atomic E-state index is -0.352. The summed E-state index contributed by atoms with van der Waals surface area (Å²) in [6.07, 6.45) is 3.28. The molecule has 2 fully saturated rings. The average Bonchev–Trinajstić information content (AvgIpc) is 2.30. The predicted octanol–water partition coefficient (Wildman–Crippen LogP) is 1.26. The average molecular weight is 212 g/mol. The lowest BCUT2D eigenvalue weighted by atomic mass is 9.93. The number of hydrogen-bond acceptors (Lipinski definition) is 3. The van der Waals surface area contributed by atoms with E-state index in [9.17, 15) is 0 Å². The minimum absolute atomic E-state index is 0.352. The van der Waals surface area contributed by atoms with Crippen LogP contribution in [-0.4, -0.2) is 49.2 Å². The van der Waals surface area contributed by atoms with E-state index in [0.717, 1.165) is 45.8 Å². The Kier molecular flexibility index (Phi) is 3.26. The summed E-state index contributed by atoms with van der Waals surface area (Å²) in [5.74, 6) is 0.644. The van der Waals surface area contributed by atoms with Gasteiger partial charge < -0.3 is 14.4 Å². The highest BCUT2D eigenvalue weighted by Gasteiger charge is 2.36. The molecule has 1 unspecified atom stereocenters. The summed E-state index contributed by atoms with van der Waals surface area (Å²) in [6.45, 7) is 5.97. The molecule has 2 saturated heterocycles. The van der Waals surface area contributed by atoms with E-state index < -0.39 is 0 Å². The van der Waals surface area contributed by atoms with Crippen molar-refractivity contribution in [3.8, 4) is 0 Å². The van der Waals surface area contributed by atoms with Gasteiger partial charge in [-0.05, 0) is 26.2 Å². The fourth-order valence-corrected chi connectivity index (χ4v) is 2.24. The number of hydrogen-bond donors (Lipinski definition) is 1. The monoisotopic (exact) mass is 212 g/mol. The fraction of sp³-hybridized carbons (Fsp3) is 0.909. The second kappa shape index (κ2) is 4.49. The molecule has 2 heterocycles. The molecule has 0 saturated carbocycles. The smallest absolute Gasteiger partial charge is 0.129 e. The van der Waals surface area contributed by atoms with Gasteiger partial charge in [-0.15, -0.1) is 0 Å². The van der Waals surface area contributed by atoms with Crippen LogP contribution in [0.4, 0.5) is 0 Å². The predicted molar refractivity (Wildman–Crippen MR) is 58.3 cm³/mol. The van der Waals surface area contributed by atoms with E-state index in [-0.39, 0.29) is 5.60 Å². The van der Waals surface area contributed by atoms with Crippen LogP contribution in [0.25, 0.3) is 0 Å². The molecular formula is C11H20N2O2. The Morgan fingerprint density at radius 3 is 2.53 bits per heavy atom. The van der Waals surface area contributed by atoms with Gasteiger partial charge in [-0.3, -0.25) is 5.41 Å². The Labute approximate surface area is 91.0 Å². The third kappa shape index (κ3) is 2.32. The highest BCUT2D eigenvalue weighted by atomic mass is 16.5. The Balaban J connectivity index is 1.98. The Morgan fingerprint density at radius 2 is 1.93 bits per heavy atom. The largest absolute Gasteiger partial charge is 0.378 e. The summed E-state index contributed by atoms with van der Waals surface area (Å²) in [7, 11) is 0. The van der Waals surface area contributed by atoms with Crippen LogP contribution in [0.1, 0.15) is 26.2 Å². The summed E-state index contributed by atoms with van der Waals surface area (Å²) >= 11 is 0. The zero-order valence-electron chi connectivity index (χ0n) is 9.42. The topological polar surface area (TPSA) is 45.6 Å². The van der Waals surface area contributed by atoms with E-state index in [4.69, 9.17) is 14.9 Å². The van der Waals surface area contributed by atoms with Gasteiger partial charge in [0.25, 0.3) is 0 Å². The van der Waals surface area contributed by atoms with Crippen molar-refractivity contribution in [1.29, 1.82) is 5.41 Å². The van der Waals surface area contributed by atoms with Crippen molar-refractivity contribution in [3.63, 3.8) is 0 Å². The van der Waals surface area contributed by atoms with Crippen molar-refractivity contribution in [2.75, 3.05) is 32.9 Å². The van der Waals surface area contributed by atoms with Gasteiger partial charge in [-0.25, -0.2) is 0 Å². The maximum Gasteiger partial charge on any atom is 0.129 e. The van der Waals surface area contributed by atoms with Gasteiger partial charge in [-0.1, -0.05) is 0 Å². The molecule has 0 spiro atoms. The van der Waals surface area contributed by atoms with Gasteiger partial charge in [0.15, 0.2) is 0 Å². The first-order valence-electron chi connectivity index (χ1n) is 5.78. The molecular weight excluding hydrogens is 192 g/mol. The summed E-state index contributed by atoms with van der Waals surface area (Å²) in [6, 6.07) is 0. The fourth-order valence-electron chi connectivity index (χ4n) is 2.24. The SMILES string of the molecule is CC1(C(=N)N2CCOCC2)CCCCO1. The van der Waals surface area contributed by atoms with E-state index in [1.807, 2.05) is 6.92 Å². The summed E-state index contributed by atoms with van der Waals surface area (Å²) in [4.78, 5) is 2.09. The molecule has 2 aliphatic heterocycles. The molecule has 15 heavy (non-hydrogen) atoms. The zero-order chi connectivity index (χ0) is 10.7. The Hall–Kier alpha value is -0.610. The molecule has 0 aromatic carbocycles. The van der Waals surface area contributed by atoms with Gasteiger partial charge >= 0.3 is 0 Å². The molecule has 1 atom stereocenters. The van der Waals surface area contributed by atoms with E-state index in [1.54, 1.807) is 0 Å². The number of rotatable bonds is 1. The molecule has 4 nitrogen and oxygen atoms in total. The van der Waals surface area contributed by atoms with Crippen LogP contribution >= 0.6 is 0 Å². The molecule has 86 valence electrons. The number of nitrogens with zero attached hydrogens (tertiary/aromatic N) is 1. The summed E-state index contributed by atoms with van der Waals surface area (Å²) < 4.78 is 11.1. The van der Waals surface area contributed by atoms with Crippen LogP contribution in [-0.2, 0) is 9.47 Å². The maximum absolute atomic E-state index is 8.22. The second-order valence-corrected chi connectivity index (χ2v) is 4.48. The first kappa shape index (κ1) is 10.9. The van der Waals surface area contributed by atoms with Crippen LogP contribution in [0, 0.1) is 5.41 Å². The number of ether oxygens (including phenoxy) is 2. The lowest BCUT2D eigenvalue weighted by molar-refractivity contribution is -0.0293. The van der Waals surface area contributed by atoms with E-state index in [2.05, 4.69) is 4.90 Å². The van der Waals surface area contributed by atoms with Crippen LogP contribution in [0.3, 0.4) is 0 Å². The molecule has 4 heteroatoms. The van der Waals surface area contributed by atoms with Gasteiger partial charge in [0, 0.05) is 19.7 Å². The molecule has 2 rings (SSSR count). The quantitative estimate of drug-likeness (QED) is 0.525. The Bertz CT molecular complexity index is 231. The van der Waals surface area contributed by atoms with E-state index >= 15 is 0 Å². The molecule has 1 N–H and O–H groups in total. The van der Waals surface area contributed by atoms with Gasteiger partial charge in [0.2, 0.25) is 0 Å². The zero-order valence-corrected chi connectivity index (χ0v) is 9.42. The van der Waals surface area contributed by atoms with Crippen molar-refractivity contribution in [2.24, 2.45) is 0 Å². The lowest BCUT2D eigenvalue weighted by Gasteiger charge is -2.40. The maximum atomic E-state index is 8.22. The van der Waals surface area contributed by atoms with Crippen LogP contribution in [0.15, 0.2) is 0 Å². The van der Waals surface area contributed by atoms with E-state index in [0.29, 0.717) is 5.84 Å². The number of nitrogens with one attached hydrogen (secondary N) is 1. The van der Waals surface area contributed by atoms with Gasteiger partial charge in [0.05, 0.1) is 13.2 Å². The van der Waals surface area contributed by atoms with E-state index in [1.165, 1.54) is 6.42 Å². The third-order valence-electron chi connectivity index (χ3n) is 3.30. The number of amidine groups is 1. The molecule has 0 aliphatic carbocycles. The summed E-state index contributed by atoms with van der Waals surface area (Å²) in [5.41, 5.74) is -0.352. The van der Waals surface area contributed by atoms with Gasteiger partial charge in [-0.2, -0.15) is 0 Å². The first-order chi connectivity index (χ1) is 7.22. The van der Waals surface area contributed by atoms with Crippen molar-refractivity contribution in [2.45, 2.75) is 31.8 Å². The normalized spacial score (nSPS) is 32.7. The van der Waals surface area contributed by atoms with Crippen molar-refractivity contribution < 1.29 is 9.47 Å². The lowest BCUT2D eigenvalue weighted by Crippen LogP contribution is -2.53. The van der Waals surface area contributed by atoms with Crippen LogP contribution < -0.4 is 0 Å². The minimum Gasteiger partial charge on any atom is -0.378 e. The molecule has 0 radical (unpaired) electrons.